The third kappa shape index (κ3) is 0.922. The van der Waals surface area contributed by atoms with E-state index in [4.69, 9.17) is 8.83 Å². The Kier molecular flexibility index (Phi) is 1.46. The van der Waals surface area contributed by atoms with Crippen LogP contribution in [0.25, 0.3) is 11.2 Å². The van der Waals surface area contributed by atoms with Crippen LogP contribution < -0.4 is 5.76 Å². The fraction of sp³-hybridized carbons (Fsp3) is 0.250. The molecule has 4 nitrogen and oxygen atoms in total. The average Bonchev–Trinajstić information content (AvgIpc) is 2.50. The number of fused-ring (bicyclic) bond motifs is 1. The van der Waals surface area contributed by atoms with Crippen molar-refractivity contribution in [3.8, 4) is 0 Å². The highest BCUT2D eigenvalue weighted by atomic mass is 16.5. The summed E-state index contributed by atoms with van der Waals surface area (Å²) in [4.78, 5) is 14.5. The van der Waals surface area contributed by atoms with Gasteiger partial charge in [-0.05, 0) is 12.5 Å². The molecule has 0 atom stereocenters. The molecule has 0 bridgehead atoms. The number of rotatable bonds is 1. The largest absolute Gasteiger partial charge is 0.441 e. The summed E-state index contributed by atoms with van der Waals surface area (Å²) in [6.07, 6.45) is 2.18. The Morgan fingerprint density at radius 1 is 1.58 bits per heavy atom. The van der Waals surface area contributed by atoms with E-state index in [2.05, 4.69) is 4.98 Å². The van der Waals surface area contributed by atoms with Crippen LogP contribution in [0.4, 0.5) is 0 Å². The Bertz CT molecular complexity index is 455. The highest BCUT2D eigenvalue weighted by molar-refractivity contribution is 5.73. The standard InChI is InChI=1S/C8H7NO3/c1-2-6-5-3-4-11-7(5)12-8(10)9-6/h3-4H,2H2,1H3. The summed E-state index contributed by atoms with van der Waals surface area (Å²) >= 11 is 0. The van der Waals surface area contributed by atoms with Gasteiger partial charge < -0.3 is 8.83 Å². The molecule has 0 aliphatic heterocycles. The number of furan rings is 1. The van der Waals surface area contributed by atoms with E-state index in [1.165, 1.54) is 6.26 Å². The van der Waals surface area contributed by atoms with Crippen LogP contribution in [0.2, 0.25) is 0 Å². The zero-order chi connectivity index (χ0) is 8.55. The van der Waals surface area contributed by atoms with Gasteiger partial charge in [-0.15, -0.1) is 0 Å². The van der Waals surface area contributed by atoms with Crippen LogP contribution in [-0.2, 0) is 6.42 Å². The molecule has 0 amide bonds. The van der Waals surface area contributed by atoms with Gasteiger partial charge in [0.15, 0.2) is 0 Å². The maximum atomic E-state index is 10.8. The number of hydrogen-bond acceptors (Lipinski definition) is 4. The van der Waals surface area contributed by atoms with Crippen molar-refractivity contribution in [1.82, 2.24) is 4.98 Å². The predicted molar refractivity (Wildman–Crippen MR) is 41.9 cm³/mol. The Morgan fingerprint density at radius 2 is 2.42 bits per heavy atom. The molecule has 0 saturated heterocycles. The molecule has 2 heterocycles. The van der Waals surface area contributed by atoms with E-state index in [1.54, 1.807) is 6.07 Å². The third-order valence-electron chi connectivity index (χ3n) is 1.68. The van der Waals surface area contributed by atoms with Crippen molar-refractivity contribution in [2.45, 2.75) is 13.3 Å². The number of aryl methyl sites for hydroxylation is 1. The van der Waals surface area contributed by atoms with Gasteiger partial charge in [-0.1, -0.05) is 6.92 Å². The number of hydrogen-bond donors (Lipinski definition) is 0. The smallest absolute Gasteiger partial charge is 0.433 e. The second kappa shape index (κ2) is 2.48. The molecule has 0 aliphatic rings. The first-order valence-corrected chi connectivity index (χ1v) is 3.68. The van der Waals surface area contributed by atoms with Crippen LogP contribution in [0.5, 0.6) is 0 Å². The summed E-state index contributed by atoms with van der Waals surface area (Å²) in [6.45, 7) is 1.92. The predicted octanol–water partition coefficient (Wildman–Crippen LogP) is 1.34. The lowest BCUT2D eigenvalue weighted by Gasteiger charge is -1.92. The van der Waals surface area contributed by atoms with Crippen molar-refractivity contribution in [3.05, 3.63) is 28.6 Å². The van der Waals surface area contributed by atoms with E-state index in [1.807, 2.05) is 6.92 Å². The molecule has 0 fully saturated rings. The molecule has 0 aromatic carbocycles. The van der Waals surface area contributed by atoms with Crippen molar-refractivity contribution in [1.29, 1.82) is 0 Å². The van der Waals surface area contributed by atoms with Crippen molar-refractivity contribution in [3.63, 3.8) is 0 Å². The van der Waals surface area contributed by atoms with E-state index in [9.17, 15) is 4.79 Å². The molecule has 0 unspecified atom stereocenters. The van der Waals surface area contributed by atoms with E-state index >= 15 is 0 Å². The second-order valence-electron chi connectivity index (χ2n) is 2.40. The first kappa shape index (κ1) is 7.09. The molecule has 0 N–H and O–H groups in total. The summed E-state index contributed by atoms with van der Waals surface area (Å²) in [5.74, 6) is -0.346. The van der Waals surface area contributed by atoms with Gasteiger partial charge in [0.05, 0.1) is 17.3 Å². The van der Waals surface area contributed by atoms with E-state index < -0.39 is 5.76 Å². The van der Waals surface area contributed by atoms with Crippen molar-refractivity contribution >= 4 is 11.2 Å². The maximum Gasteiger partial charge on any atom is 0.441 e. The van der Waals surface area contributed by atoms with Crippen molar-refractivity contribution < 1.29 is 8.83 Å². The van der Waals surface area contributed by atoms with Gasteiger partial charge >= 0.3 is 11.5 Å². The highest BCUT2D eigenvalue weighted by Gasteiger charge is 2.06. The lowest BCUT2D eigenvalue weighted by Crippen LogP contribution is -2.06. The SMILES string of the molecule is CCc1nc(=O)oc2occc12. The highest BCUT2D eigenvalue weighted by Crippen LogP contribution is 2.15. The summed E-state index contributed by atoms with van der Waals surface area (Å²) in [7, 11) is 0. The van der Waals surface area contributed by atoms with E-state index in [0.29, 0.717) is 6.42 Å². The first-order chi connectivity index (χ1) is 5.81. The van der Waals surface area contributed by atoms with Gasteiger partial charge in [-0.2, -0.15) is 4.98 Å². The molecular weight excluding hydrogens is 158 g/mol. The third-order valence-corrected chi connectivity index (χ3v) is 1.68. The molecular formula is C8H7NO3. The number of aromatic nitrogens is 1. The van der Waals surface area contributed by atoms with Gasteiger partial charge in [0.2, 0.25) is 0 Å². The van der Waals surface area contributed by atoms with Crippen LogP contribution in [0.3, 0.4) is 0 Å². The van der Waals surface area contributed by atoms with E-state index in [0.717, 1.165) is 11.1 Å². The Balaban J connectivity index is 2.89. The molecule has 0 saturated carbocycles. The molecule has 4 heteroatoms. The first-order valence-electron chi connectivity index (χ1n) is 3.68. The van der Waals surface area contributed by atoms with Crippen LogP contribution in [0.15, 0.2) is 26.0 Å². The lowest BCUT2D eigenvalue weighted by atomic mass is 10.2. The molecule has 2 aromatic rings. The summed E-state index contributed by atoms with van der Waals surface area (Å²) in [5, 5.41) is 0.775. The fourth-order valence-corrected chi connectivity index (χ4v) is 1.13. The molecule has 0 spiro atoms. The minimum absolute atomic E-state index is 0.256. The zero-order valence-electron chi connectivity index (χ0n) is 6.53. The van der Waals surface area contributed by atoms with Gasteiger partial charge in [-0.3, -0.25) is 0 Å². The monoisotopic (exact) mass is 165 g/mol. The number of nitrogens with zero attached hydrogens (tertiary/aromatic N) is 1. The average molecular weight is 165 g/mol. The molecule has 0 radical (unpaired) electrons. The minimum Gasteiger partial charge on any atom is -0.433 e. The zero-order valence-corrected chi connectivity index (χ0v) is 6.53. The van der Waals surface area contributed by atoms with Gasteiger partial charge in [-0.25, -0.2) is 4.79 Å². The normalized spacial score (nSPS) is 10.8. The molecule has 2 rings (SSSR count). The summed E-state index contributed by atoms with van der Waals surface area (Å²) < 4.78 is 9.65. The van der Waals surface area contributed by atoms with Crippen molar-refractivity contribution in [2.24, 2.45) is 0 Å². The Labute approximate surface area is 67.8 Å². The molecule has 0 aliphatic carbocycles. The fourth-order valence-electron chi connectivity index (χ4n) is 1.13. The molecule has 2 aromatic heterocycles. The molecule has 12 heavy (non-hydrogen) atoms. The van der Waals surface area contributed by atoms with Crippen molar-refractivity contribution in [2.75, 3.05) is 0 Å². The minimum atomic E-state index is -0.602. The Morgan fingerprint density at radius 3 is 3.17 bits per heavy atom. The Hall–Kier alpha value is -1.58. The second-order valence-corrected chi connectivity index (χ2v) is 2.40. The van der Waals surface area contributed by atoms with Crippen LogP contribution in [0.1, 0.15) is 12.6 Å². The maximum absolute atomic E-state index is 10.8. The summed E-state index contributed by atoms with van der Waals surface area (Å²) in [6, 6.07) is 1.74. The van der Waals surface area contributed by atoms with Crippen LogP contribution >= 0.6 is 0 Å². The topological polar surface area (TPSA) is 56.2 Å². The van der Waals surface area contributed by atoms with Gasteiger partial charge in [0, 0.05) is 0 Å². The van der Waals surface area contributed by atoms with Gasteiger partial charge in [0.25, 0.3) is 0 Å². The summed E-state index contributed by atoms with van der Waals surface area (Å²) in [5.41, 5.74) is 0.718. The van der Waals surface area contributed by atoms with E-state index in [-0.39, 0.29) is 5.78 Å². The quantitative estimate of drug-likeness (QED) is 0.639. The van der Waals surface area contributed by atoms with Crippen LogP contribution in [-0.4, -0.2) is 4.98 Å². The van der Waals surface area contributed by atoms with Crippen LogP contribution in [0, 0.1) is 0 Å². The molecule has 62 valence electrons. The van der Waals surface area contributed by atoms with Gasteiger partial charge in [0.1, 0.15) is 0 Å². The lowest BCUT2D eigenvalue weighted by molar-refractivity contribution is 0.433.